The summed E-state index contributed by atoms with van der Waals surface area (Å²) in [7, 11) is 0. The molecule has 0 aliphatic heterocycles. The van der Waals surface area contributed by atoms with E-state index in [0.29, 0.717) is 25.9 Å². The van der Waals surface area contributed by atoms with Crippen LogP contribution in [-0.2, 0) is 11.2 Å². The lowest BCUT2D eigenvalue weighted by Gasteiger charge is -2.20. The number of rotatable bonds is 8. The molecule has 0 bridgehead atoms. The molecule has 0 saturated heterocycles. The van der Waals surface area contributed by atoms with Gasteiger partial charge < -0.3 is 10.0 Å². The number of thioether (sulfide) groups is 1. The number of amides is 1. The van der Waals surface area contributed by atoms with Gasteiger partial charge in [0.2, 0.25) is 0 Å². The van der Waals surface area contributed by atoms with E-state index in [9.17, 15) is 14.7 Å². The Morgan fingerprint density at radius 3 is 2.08 bits per heavy atom. The van der Waals surface area contributed by atoms with Crippen LogP contribution in [0.3, 0.4) is 0 Å². The van der Waals surface area contributed by atoms with Crippen molar-refractivity contribution in [2.45, 2.75) is 31.9 Å². The molecule has 2 rings (SSSR count). The third-order valence-corrected chi connectivity index (χ3v) is 5.48. The van der Waals surface area contributed by atoms with Crippen molar-refractivity contribution >= 4 is 23.0 Å². The molecule has 4 nitrogen and oxygen atoms in total. The van der Waals surface area contributed by atoms with E-state index >= 15 is 0 Å². The van der Waals surface area contributed by atoms with Crippen LogP contribution in [0.25, 0.3) is 11.1 Å². The van der Waals surface area contributed by atoms with Crippen LogP contribution in [0.15, 0.2) is 54.6 Å². The maximum absolute atomic E-state index is 12.2. The molecule has 1 N–H and O–H groups in total. The Morgan fingerprint density at radius 2 is 1.54 bits per heavy atom. The van der Waals surface area contributed by atoms with Crippen molar-refractivity contribution in [1.82, 2.24) is 4.90 Å². The van der Waals surface area contributed by atoms with E-state index < -0.39 is 11.2 Å². The molecule has 0 aromatic heterocycles. The summed E-state index contributed by atoms with van der Waals surface area (Å²) in [5, 5.41) is 8.54. The van der Waals surface area contributed by atoms with Gasteiger partial charge in [0, 0.05) is 13.1 Å². The Bertz CT molecular complexity index is 712. The lowest BCUT2D eigenvalue weighted by molar-refractivity contribution is -0.136. The molecule has 0 aliphatic carbocycles. The highest BCUT2D eigenvalue weighted by molar-refractivity contribution is 8.14. The summed E-state index contributed by atoms with van der Waals surface area (Å²) in [4.78, 5) is 25.3. The van der Waals surface area contributed by atoms with E-state index in [0.717, 1.165) is 28.5 Å². The number of aliphatic carboxylic acids is 1. The number of carbonyl (C=O) groups is 2. The number of hydrogen-bond acceptors (Lipinski definition) is 3. The first-order chi connectivity index (χ1) is 12.5. The molecular weight excluding hydrogens is 346 g/mol. The summed E-state index contributed by atoms with van der Waals surface area (Å²) in [5.74, 6) is -0.934. The Balaban J connectivity index is 1.96. The number of carbonyl (C=O) groups excluding carboxylic acids is 1. The first kappa shape index (κ1) is 20.0. The molecule has 0 fully saturated rings. The van der Waals surface area contributed by atoms with Gasteiger partial charge >= 0.3 is 5.97 Å². The third kappa shape index (κ3) is 5.63. The minimum absolute atomic E-state index is 0.165. The zero-order valence-electron chi connectivity index (χ0n) is 15.2. The molecule has 2 aromatic carbocycles. The second-order valence-electron chi connectivity index (χ2n) is 5.98. The van der Waals surface area contributed by atoms with Crippen molar-refractivity contribution in [1.29, 1.82) is 0 Å². The van der Waals surface area contributed by atoms with Crippen molar-refractivity contribution in [2.75, 3.05) is 13.1 Å². The zero-order valence-corrected chi connectivity index (χ0v) is 16.0. The van der Waals surface area contributed by atoms with Gasteiger partial charge in [0.15, 0.2) is 0 Å². The fourth-order valence-electron chi connectivity index (χ4n) is 2.70. The summed E-state index contributed by atoms with van der Waals surface area (Å²) in [6.45, 7) is 4.98. The van der Waals surface area contributed by atoms with Crippen molar-refractivity contribution in [2.24, 2.45) is 0 Å². The van der Waals surface area contributed by atoms with Gasteiger partial charge in [-0.25, -0.2) is 0 Å². The second-order valence-corrected chi connectivity index (χ2v) is 7.14. The van der Waals surface area contributed by atoms with Crippen LogP contribution in [0.2, 0.25) is 0 Å². The quantitative estimate of drug-likeness (QED) is 0.714. The van der Waals surface area contributed by atoms with Gasteiger partial charge in [-0.3, -0.25) is 9.59 Å². The predicted octanol–water partition coefficient (Wildman–Crippen LogP) is 4.93. The highest BCUT2D eigenvalue weighted by atomic mass is 32.2. The molecule has 138 valence electrons. The van der Waals surface area contributed by atoms with Crippen LogP contribution in [0.4, 0.5) is 4.79 Å². The maximum Gasteiger partial charge on any atom is 0.317 e. The fourth-order valence-corrected chi connectivity index (χ4v) is 3.69. The Kier molecular flexibility index (Phi) is 7.73. The molecule has 0 saturated carbocycles. The Morgan fingerprint density at radius 1 is 0.962 bits per heavy atom. The predicted molar refractivity (Wildman–Crippen MR) is 108 cm³/mol. The van der Waals surface area contributed by atoms with Crippen molar-refractivity contribution < 1.29 is 14.7 Å². The lowest BCUT2D eigenvalue weighted by Crippen LogP contribution is -2.30. The summed E-state index contributed by atoms with van der Waals surface area (Å²) in [6, 6.07) is 18.3. The largest absolute Gasteiger partial charge is 0.480 e. The van der Waals surface area contributed by atoms with E-state index in [2.05, 4.69) is 24.3 Å². The van der Waals surface area contributed by atoms with Gasteiger partial charge in [-0.15, -0.1) is 0 Å². The van der Waals surface area contributed by atoms with Crippen molar-refractivity contribution in [3.8, 4) is 11.1 Å². The minimum atomic E-state index is -0.934. The van der Waals surface area contributed by atoms with Crippen LogP contribution in [0.1, 0.15) is 25.8 Å². The van der Waals surface area contributed by atoms with Gasteiger partial charge in [-0.1, -0.05) is 54.6 Å². The third-order valence-electron chi connectivity index (χ3n) is 4.30. The van der Waals surface area contributed by atoms with Crippen LogP contribution in [0, 0.1) is 0 Å². The molecule has 5 heteroatoms. The molecule has 0 heterocycles. The molecule has 1 unspecified atom stereocenters. The minimum Gasteiger partial charge on any atom is -0.480 e. The average molecular weight is 372 g/mol. The van der Waals surface area contributed by atoms with Crippen LogP contribution < -0.4 is 0 Å². The number of aryl methyl sites for hydroxylation is 1. The normalized spacial score (nSPS) is 11.8. The van der Waals surface area contributed by atoms with Crippen LogP contribution in [-0.4, -0.2) is 39.6 Å². The van der Waals surface area contributed by atoms with Gasteiger partial charge in [0.05, 0.1) is 0 Å². The molecule has 1 atom stereocenters. The summed E-state index contributed by atoms with van der Waals surface area (Å²) in [5.41, 5.74) is 3.37. The monoisotopic (exact) mass is 371 g/mol. The fraction of sp³-hybridized carbons (Fsp3) is 0.333. The molecule has 26 heavy (non-hydrogen) atoms. The van der Waals surface area contributed by atoms with Gasteiger partial charge in [-0.2, -0.15) is 0 Å². The number of carboxylic acid groups (broad SMARTS) is 1. The first-order valence-electron chi connectivity index (χ1n) is 8.87. The van der Waals surface area contributed by atoms with Crippen molar-refractivity contribution in [3.63, 3.8) is 0 Å². The Labute approximate surface area is 159 Å². The highest BCUT2D eigenvalue weighted by Gasteiger charge is 2.24. The molecule has 0 aliphatic rings. The SMILES string of the molecule is CCN(CC)C(=O)SC(CCc1ccc(-c2ccccc2)cc1)C(=O)O. The van der Waals surface area contributed by atoms with E-state index in [4.69, 9.17) is 0 Å². The number of nitrogens with zero attached hydrogens (tertiary/aromatic N) is 1. The zero-order chi connectivity index (χ0) is 18.9. The molecule has 0 radical (unpaired) electrons. The van der Waals surface area contributed by atoms with Crippen LogP contribution >= 0.6 is 11.8 Å². The summed E-state index contributed by atoms with van der Waals surface area (Å²) >= 11 is 0.917. The van der Waals surface area contributed by atoms with E-state index in [1.807, 2.05) is 44.2 Å². The van der Waals surface area contributed by atoms with Gasteiger partial charge in [0.25, 0.3) is 5.24 Å². The smallest absolute Gasteiger partial charge is 0.317 e. The lowest BCUT2D eigenvalue weighted by atomic mass is 10.0. The average Bonchev–Trinajstić information content (AvgIpc) is 2.67. The topological polar surface area (TPSA) is 57.6 Å². The van der Waals surface area contributed by atoms with E-state index in [-0.39, 0.29) is 5.24 Å². The summed E-state index contributed by atoms with van der Waals surface area (Å²) in [6.07, 6.45) is 1.06. The number of hydrogen-bond donors (Lipinski definition) is 1. The Hall–Kier alpha value is -2.27. The van der Waals surface area contributed by atoms with E-state index in [1.54, 1.807) is 4.90 Å². The van der Waals surface area contributed by atoms with Gasteiger partial charge in [-0.05, 0) is 55.1 Å². The molecular formula is C21H25NO3S. The van der Waals surface area contributed by atoms with Crippen molar-refractivity contribution in [3.05, 3.63) is 60.2 Å². The second kappa shape index (κ2) is 10.0. The van der Waals surface area contributed by atoms with Gasteiger partial charge in [0.1, 0.15) is 5.25 Å². The number of carboxylic acids is 1. The number of benzene rings is 2. The molecule has 2 aromatic rings. The molecule has 1 amide bonds. The maximum atomic E-state index is 12.2. The molecule has 0 spiro atoms. The summed E-state index contributed by atoms with van der Waals surface area (Å²) < 4.78 is 0. The van der Waals surface area contributed by atoms with Crippen LogP contribution in [0.5, 0.6) is 0 Å². The van der Waals surface area contributed by atoms with E-state index in [1.165, 1.54) is 0 Å². The first-order valence-corrected chi connectivity index (χ1v) is 9.75. The standard InChI is InChI=1S/C21H25NO3S/c1-3-22(4-2)21(25)26-19(20(23)24)15-12-16-10-13-18(14-11-16)17-8-6-5-7-9-17/h5-11,13-14,19H,3-4,12,15H2,1-2H3,(H,23,24). The highest BCUT2D eigenvalue weighted by Crippen LogP contribution is 2.23.